The highest BCUT2D eigenvalue weighted by Gasteiger charge is 2.27. The van der Waals surface area contributed by atoms with E-state index in [1.807, 2.05) is 26.8 Å². The standard InChI is InChI=1S/C18H26N2O3/c1-18(2,3)23-17(21)20-8-7-13-9-15(6-5-14(13)10-20)22-16-11-19(4)12-16/h5-6,9,16H,7-8,10-12H2,1-4H3. The van der Waals surface area contributed by atoms with Crippen molar-refractivity contribution in [2.75, 3.05) is 26.7 Å². The molecule has 5 nitrogen and oxygen atoms in total. The number of likely N-dealkylation sites (N-methyl/N-ethyl adjacent to an activating group) is 1. The Balaban J connectivity index is 1.62. The Kier molecular flexibility index (Phi) is 4.23. The molecule has 0 aliphatic carbocycles. The highest BCUT2D eigenvalue weighted by Crippen LogP contribution is 2.26. The molecule has 2 aliphatic rings. The summed E-state index contributed by atoms with van der Waals surface area (Å²) < 4.78 is 11.4. The maximum atomic E-state index is 12.2. The van der Waals surface area contributed by atoms with Crippen molar-refractivity contribution in [1.29, 1.82) is 0 Å². The van der Waals surface area contributed by atoms with Crippen molar-refractivity contribution >= 4 is 6.09 Å². The lowest BCUT2D eigenvalue weighted by atomic mass is 9.99. The first-order valence-electron chi connectivity index (χ1n) is 8.25. The number of nitrogens with zero attached hydrogens (tertiary/aromatic N) is 2. The SMILES string of the molecule is CN1CC(Oc2ccc3c(c2)CCN(C(=O)OC(C)(C)C)C3)C1. The molecule has 2 aliphatic heterocycles. The van der Waals surface area contributed by atoms with E-state index in [0.29, 0.717) is 19.2 Å². The van der Waals surface area contributed by atoms with Gasteiger partial charge in [-0.3, -0.25) is 4.90 Å². The summed E-state index contributed by atoms with van der Waals surface area (Å²) in [5.41, 5.74) is 2.00. The normalized spacial score (nSPS) is 19.0. The number of rotatable bonds is 2. The van der Waals surface area contributed by atoms with Crippen LogP contribution >= 0.6 is 0 Å². The second-order valence-electron chi connectivity index (χ2n) is 7.54. The molecule has 0 unspecified atom stereocenters. The fourth-order valence-corrected chi connectivity index (χ4v) is 2.99. The molecule has 0 saturated carbocycles. The van der Waals surface area contributed by atoms with Gasteiger partial charge in [0.25, 0.3) is 0 Å². The predicted molar refractivity (Wildman–Crippen MR) is 88.7 cm³/mol. The summed E-state index contributed by atoms with van der Waals surface area (Å²) in [6.07, 6.45) is 0.914. The molecule has 0 bridgehead atoms. The molecule has 1 saturated heterocycles. The van der Waals surface area contributed by atoms with E-state index in [0.717, 1.165) is 25.3 Å². The second-order valence-corrected chi connectivity index (χ2v) is 7.54. The minimum atomic E-state index is -0.453. The van der Waals surface area contributed by atoms with Gasteiger partial charge < -0.3 is 14.4 Å². The smallest absolute Gasteiger partial charge is 0.410 e. The highest BCUT2D eigenvalue weighted by atomic mass is 16.6. The summed E-state index contributed by atoms with van der Waals surface area (Å²) >= 11 is 0. The lowest BCUT2D eigenvalue weighted by Gasteiger charge is -2.36. The largest absolute Gasteiger partial charge is 0.488 e. The van der Waals surface area contributed by atoms with Crippen molar-refractivity contribution in [1.82, 2.24) is 9.80 Å². The number of carbonyl (C=O) groups excluding carboxylic acids is 1. The van der Waals surface area contributed by atoms with Crippen molar-refractivity contribution in [3.63, 3.8) is 0 Å². The van der Waals surface area contributed by atoms with E-state index in [2.05, 4.69) is 24.1 Å². The second kappa shape index (κ2) is 6.04. The molecule has 3 rings (SSSR count). The molecule has 0 N–H and O–H groups in total. The van der Waals surface area contributed by atoms with Crippen LogP contribution in [0.1, 0.15) is 31.9 Å². The molecule has 1 amide bonds. The van der Waals surface area contributed by atoms with Crippen molar-refractivity contribution in [3.8, 4) is 5.75 Å². The summed E-state index contributed by atoms with van der Waals surface area (Å²) in [6.45, 7) is 8.96. The van der Waals surface area contributed by atoms with Gasteiger partial charge in [-0.25, -0.2) is 4.79 Å². The van der Waals surface area contributed by atoms with Gasteiger partial charge in [-0.2, -0.15) is 0 Å². The topological polar surface area (TPSA) is 42.0 Å². The highest BCUT2D eigenvalue weighted by molar-refractivity contribution is 5.68. The van der Waals surface area contributed by atoms with Gasteiger partial charge in [-0.15, -0.1) is 0 Å². The van der Waals surface area contributed by atoms with Crippen LogP contribution in [0.15, 0.2) is 18.2 Å². The molecule has 5 heteroatoms. The zero-order chi connectivity index (χ0) is 16.6. The summed E-state index contributed by atoms with van der Waals surface area (Å²) in [5.74, 6) is 0.938. The molecule has 1 aromatic carbocycles. The van der Waals surface area contributed by atoms with Crippen LogP contribution < -0.4 is 4.74 Å². The minimum absolute atomic E-state index is 0.235. The number of carbonyl (C=O) groups is 1. The van der Waals surface area contributed by atoms with E-state index in [1.54, 1.807) is 4.90 Å². The molecule has 0 spiro atoms. The Morgan fingerprint density at radius 2 is 1.96 bits per heavy atom. The van der Waals surface area contributed by atoms with Crippen LogP contribution in [0.3, 0.4) is 0 Å². The third-order valence-corrected chi connectivity index (χ3v) is 4.18. The van der Waals surface area contributed by atoms with E-state index in [1.165, 1.54) is 11.1 Å². The van der Waals surface area contributed by atoms with Gasteiger partial charge in [-0.05, 0) is 57.5 Å². The van der Waals surface area contributed by atoms with Crippen LogP contribution in [0, 0.1) is 0 Å². The number of likely N-dealkylation sites (tertiary alicyclic amines) is 1. The quantitative estimate of drug-likeness (QED) is 0.841. The van der Waals surface area contributed by atoms with Crippen LogP contribution in [0.4, 0.5) is 4.79 Å². The average molecular weight is 318 g/mol. The Labute approximate surface area is 138 Å². The van der Waals surface area contributed by atoms with Crippen molar-refractivity contribution in [2.45, 2.75) is 45.4 Å². The fourth-order valence-electron chi connectivity index (χ4n) is 2.99. The maximum Gasteiger partial charge on any atom is 0.410 e. The Bertz CT molecular complexity index is 588. The third-order valence-electron chi connectivity index (χ3n) is 4.18. The van der Waals surface area contributed by atoms with E-state index in [-0.39, 0.29) is 6.09 Å². The molecule has 2 heterocycles. The van der Waals surface area contributed by atoms with E-state index in [9.17, 15) is 4.79 Å². The number of amides is 1. The number of fused-ring (bicyclic) bond motifs is 1. The van der Waals surface area contributed by atoms with Crippen molar-refractivity contribution in [3.05, 3.63) is 29.3 Å². The molecule has 0 atom stereocenters. The molecule has 23 heavy (non-hydrogen) atoms. The first-order chi connectivity index (χ1) is 10.8. The molecular weight excluding hydrogens is 292 g/mol. The van der Waals surface area contributed by atoms with Gasteiger partial charge >= 0.3 is 6.09 Å². The minimum Gasteiger partial charge on any atom is -0.488 e. The first-order valence-corrected chi connectivity index (χ1v) is 8.25. The Morgan fingerprint density at radius 1 is 1.22 bits per heavy atom. The number of ether oxygens (including phenoxy) is 2. The van der Waals surface area contributed by atoms with Crippen molar-refractivity contribution < 1.29 is 14.3 Å². The third kappa shape index (κ3) is 3.96. The summed E-state index contributed by atoms with van der Waals surface area (Å²) in [5, 5.41) is 0. The number of hydrogen-bond donors (Lipinski definition) is 0. The van der Waals surface area contributed by atoms with Crippen LogP contribution in [0.25, 0.3) is 0 Å². The lowest BCUT2D eigenvalue weighted by molar-refractivity contribution is 0.0223. The monoisotopic (exact) mass is 318 g/mol. The molecule has 1 aromatic rings. The van der Waals surface area contributed by atoms with E-state index in [4.69, 9.17) is 9.47 Å². The van der Waals surface area contributed by atoms with Gasteiger partial charge in [0.2, 0.25) is 0 Å². The van der Waals surface area contributed by atoms with Crippen molar-refractivity contribution in [2.24, 2.45) is 0 Å². The lowest BCUT2D eigenvalue weighted by Crippen LogP contribution is -2.51. The average Bonchev–Trinajstić information content (AvgIpc) is 2.43. The summed E-state index contributed by atoms with van der Waals surface area (Å²) in [6, 6.07) is 6.21. The first kappa shape index (κ1) is 16.1. The van der Waals surface area contributed by atoms with Crippen LogP contribution in [0.5, 0.6) is 5.75 Å². The summed E-state index contributed by atoms with van der Waals surface area (Å²) in [7, 11) is 2.10. The van der Waals surface area contributed by atoms with E-state index >= 15 is 0 Å². The fraction of sp³-hybridized carbons (Fsp3) is 0.611. The van der Waals surface area contributed by atoms with E-state index < -0.39 is 5.60 Å². The van der Waals surface area contributed by atoms with Gasteiger partial charge in [-0.1, -0.05) is 6.07 Å². The predicted octanol–water partition coefficient (Wildman–Crippen LogP) is 2.67. The van der Waals surface area contributed by atoms with Gasteiger partial charge in [0.1, 0.15) is 17.5 Å². The molecule has 126 valence electrons. The zero-order valence-electron chi connectivity index (χ0n) is 14.5. The number of benzene rings is 1. The molecule has 0 radical (unpaired) electrons. The Morgan fingerprint density at radius 3 is 2.61 bits per heavy atom. The van der Waals surface area contributed by atoms with Crippen LogP contribution in [0.2, 0.25) is 0 Å². The Hall–Kier alpha value is -1.75. The zero-order valence-corrected chi connectivity index (χ0v) is 14.5. The van der Waals surface area contributed by atoms with Gasteiger partial charge in [0.15, 0.2) is 0 Å². The molecule has 1 fully saturated rings. The summed E-state index contributed by atoms with van der Waals surface area (Å²) in [4.78, 5) is 16.2. The molecule has 0 aromatic heterocycles. The van der Waals surface area contributed by atoms with Crippen LogP contribution in [-0.4, -0.2) is 54.3 Å². The molecular formula is C18H26N2O3. The number of hydrogen-bond acceptors (Lipinski definition) is 4. The van der Waals surface area contributed by atoms with Gasteiger partial charge in [0.05, 0.1) is 0 Å². The van der Waals surface area contributed by atoms with Crippen LogP contribution in [-0.2, 0) is 17.7 Å². The maximum absolute atomic E-state index is 12.2. The van der Waals surface area contributed by atoms with Gasteiger partial charge in [0, 0.05) is 26.2 Å².